The van der Waals surface area contributed by atoms with Crippen LogP contribution in [0.5, 0.6) is 0 Å². The average molecular weight is 308 g/mol. The Labute approximate surface area is 130 Å². The monoisotopic (exact) mass is 308 g/mol. The highest BCUT2D eigenvalue weighted by molar-refractivity contribution is 5.58. The predicted molar refractivity (Wildman–Crippen MR) is 85.7 cm³/mol. The molecule has 2 rings (SSSR count). The molecular formula is C14H24N6O2. The first-order valence-corrected chi connectivity index (χ1v) is 7.60. The highest BCUT2D eigenvalue weighted by Gasteiger charge is 2.27. The minimum absolute atomic E-state index is 0.0629. The van der Waals surface area contributed by atoms with Gasteiger partial charge in [0.1, 0.15) is 5.69 Å². The van der Waals surface area contributed by atoms with Gasteiger partial charge in [-0.25, -0.2) is 4.98 Å². The van der Waals surface area contributed by atoms with Gasteiger partial charge in [-0.2, -0.15) is 4.98 Å². The molecule has 1 fully saturated rings. The van der Waals surface area contributed by atoms with Crippen LogP contribution in [0.4, 0.5) is 17.5 Å². The van der Waals surface area contributed by atoms with Gasteiger partial charge in [0.05, 0.1) is 11.6 Å². The highest BCUT2D eigenvalue weighted by atomic mass is 16.6. The number of rotatable bonds is 5. The first-order valence-electron chi connectivity index (χ1n) is 7.60. The van der Waals surface area contributed by atoms with Crippen molar-refractivity contribution in [3.05, 3.63) is 15.8 Å². The molecule has 122 valence electrons. The molecule has 0 spiro atoms. The van der Waals surface area contributed by atoms with Gasteiger partial charge in [-0.3, -0.25) is 15.0 Å². The summed E-state index contributed by atoms with van der Waals surface area (Å²) in [5.41, 5.74) is 5.90. The summed E-state index contributed by atoms with van der Waals surface area (Å²) in [6.07, 6.45) is 5.82. The molecule has 0 saturated heterocycles. The van der Waals surface area contributed by atoms with Crippen molar-refractivity contribution in [1.82, 2.24) is 14.9 Å². The number of aryl methyl sites for hydroxylation is 1. The molecule has 1 saturated carbocycles. The van der Waals surface area contributed by atoms with Crippen LogP contribution in [0.15, 0.2) is 0 Å². The van der Waals surface area contributed by atoms with Crippen molar-refractivity contribution >= 4 is 17.5 Å². The van der Waals surface area contributed by atoms with E-state index in [-0.39, 0.29) is 11.5 Å². The number of aromatic nitrogens is 2. The first-order chi connectivity index (χ1) is 10.4. The summed E-state index contributed by atoms with van der Waals surface area (Å²) in [5, 5.41) is 11.0. The third-order valence-corrected chi connectivity index (χ3v) is 3.96. The van der Waals surface area contributed by atoms with E-state index >= 15 is 0 Å². The van der Waals surface area contributed by atoms with E-state index in [2.05, 4.69) is 14.9 Å². The zero-order valence-corrected chi connectivity index (χ0v) is 13.4. The van der Waals surface area contributed by atoms with Crippen LogP contribution in [0.25, 0.3) is 0 Å². The number of nitrogens with two attached hydrogens (primary N) is 1. The van der Waals surface area contributed by atoms with Crippen molar-refractivity contribution < 1.29 is 4.92 Å². The summed E-state index contributed by atoms with van der Waals surface area (Å²) in [4.78, 5) is 23.2. The minimum atomic E-state index is -0.522. The Bertz CT molecular complexity index is 519. The third kappa shape index (κ3) is 3.62. The molecule has 2 N–H and O–H groups in total. The van der Waals surface area contributed by atoms with E-state index in [4.69, 9.17) is 5.73 Å². The number of hydrogen-bond donors (Lipinski definition) is 1. The van der Waals surface area contributed by atoms with Crippen LogP contribution in [0.3, 0.4) is 0 Å². The summed E-state index contributed by atoms with van der Waals surface area (Å²) < 4.78 is 0. The number of hydrogen-bond acceptors (Lipinski definition) is 7. The molecule has 22 heavy (non-hydrogen) atoms. The second kappa shape index (κ2) is 6.87. The molecular weight excluding hydrogens is 284 g/mol. The minimum Gasteiger partial charge on any atom is -0.378 e. The van der Waals surface area contributed by atoms with Gasteiger partial charge in [-0.05, 0) is 33.9 Å². The van der Waals surface area contributed by atoms with E-state index in [1.54, 1.807) is 6.92 Å². The van der Waals surface area contributed by atoms with Gasteiger partial charge in [0.15, 0.2) is 0 Å². The third-order valence-electron chi connectivity index (χ3n) is 3.96. The van der Waals surface area contributed by atoms with Crippen molar-refractivity contribution in [2.24, 2.45) is 0 Å². The Morgan fingerprint density at radius 1 is 1.27 bits per heavy atom. The summed E-state index contributed by atoms with van der Waals surface area (Å²) >= 11 is 0. The molecule has 0 unspecified atom stereocenters. The Kier molecular flexibility index (Phi) is 5.12. The van der Waals surface area contributed by atoms with Crippen LogP contribution in [0, 0.1) is 17.0 Å². The molecule has 1 aliphatic rings. The Hall–Kier alpha value is -1.96. The van der Waals surface area contributed by atoms with Crippen molar-refractivity contribution in [3.8, 4) is 0 Å². The number of nitrogens with zero attached hydrogens (tertiary/aromatic N) is 5. The second-order valence-corrected chi connectivity index (χ2v) is 6.08. The SMILES string of the molecule is Cc1nc(N(CN(C)C)C2CCCCC2)nc(N)c1[N+](=O)[O-]. The van der Waals surface area contributed by atoms with Crippen LogP contribution in [0.2, 0.25) is 0 Å². The average Bonchev–Trinajstić information content (AvgIpc) is 2.44. The first kappa shape index (κ1) is 16.4. The standard InChI is InChI=1S/C14H24N6O2/c1-10-12(20(21)22)13(15)17-14(16-10)19(9-18(2)3)11-7-5-4-6-8-11/h11H,4-9H2,1-3H3,(H2,15,16,17). The van der Waals surface area contributed by atoms with E-state index < -0.39 is 4.92 Å². The Morgan fingerprint density at radius 2 is 1.91 bits per heavy atom. The van der Waals surface area contributed by atoms with E-state index in [1.165, 1.54) is 19.3 Å². The van der Waals surface area contributed by atoms with Gasteiger partial charge in [-0.1, -0.05) is 19.3 Å². The lowest BCUT2D eigenvalue weighted by Crippen LogP contribution is -2.43. The highest BCUT2D eigenvalue weighted by Crippen LogP contribution is 2.29. The molecule has 8 heteroatoms. The Morgan fingerprint density at radius 3 is 2.41 bits per heavy atom. The van der Waals surface area contributed by atoms with Crippen LogP contribution >= 0.6 is 0 Å². The van der Waals surface area contributed by atoms with Gasteiger partial charge in [0.25, 0.3) is 0 Å². The molecule has 0 bridgehead atoms. The number of anilines is 2. The van der Waals surface area contributed by atoms with Gasteiger partial charge in [0, 0.05) is 6.04 Å². The molecule has 1 aromatic heterocycles. The van der Waals surface area contributed by atoms with Crippen LogP contribution in [0.1, 0.15) is 37.8 Å². The van der Waals surface area contributed by atoms with Gasteiger partial charge in [-0.15, -0.1) is 0 Å². The van der Waals surface area contributed by atoms with E-state index in [0.29, 0.717) is 24.4 Å². The van der Waals surface area contributed by atoms with Crippen LogP contribution in [-0.4, -0.2) is 46.6 Å². The lowest BCUT2D eigenvalue weighted by molar-refractivity contribution is -0.385. The Balaban J connectivity index is 2.36. The van der Waals surface area contributed by atoms with Crippen LogP contribution in [-0.2, 0) is 0 Å². The zero-order chi connectivity index (χ0) is 16.3. The van der Waals surface area contributed by atoms with Crippen molar-refractivity contribution in [3.63, 3.8) is 0 Å². The quantitative estimate of drug-likeness (QED) is 0.504. The van der Waals surface area contributed by atoms with E-state index in [9.17, 15) is 10.1 Å². The van der Waals surface area contributed by atoms with Crippen molar-refractivity contribution in [2.45, 2.75) is 45.1 Å². The van der Waals surface area contributed by atoms with Crippen LogP contribution < -0.4 is 10.6 Å². The van der Waals surface area contributed by atoms with Gasteiger partial charge < -0.3 is 10.6 Å². The van der Waals surface area contributed by atoms with Crippen molar-refractivity contribution in [2.75, 3.05) is 31.4 Å². The summed E-state index contributed by atoms with van der Waals surface area (Å²) in [6.45, 7) is 2.27. The molecule has 0 atom stereocenters. The smallest absolute Gasteiger partial charge is 0.332 e. The largest absolute Gasteiger partial charge is 0.378 e. The zero-order valence-electron chi connectivity index (χ0n) is 13.4. The molecule has 8 nitrogen and oxygen atoms in total. The maximum Gasteiger partial charge on any atom is 0.332 e. The van der Waals surface area contributed by atoms with Gasteiger partial charge >= 0.3 is 5.69 Å². The van der Waals surface area contributed by atoms with E-state index in [1.807, 2.05) is 19.0 Å². The maximum absolute atomic E-state index is 11.0. The topological polar surface area (TPSA) is 101 Å². The molecule has 0 aromatic carbocycles. The maximum atomic E-state index is 11.0. The molecule has 0 radical (unpaired) electrons. The molecule has 1 aliphatic carbocycles. The molecule has 1 heterocycles. The van der Waals surface area contributed by atoms with Gasteiger partial charge in [0.2, 0.25) is 11.8 Å². The normalized spacial score (nSPS) is 16.0. The summed E-state index contributed by atoms with van der Waals surface area (Å²) in [7, 11) is 3.97. The molecule has 0 amide bonds. The molecule has 0 aliphatic heterocycles. The fraction of sp³-hybridized carbons (Fsp3) is 0.714. The van der Waals surface area contributed by atoms with Crippen molar-refractivity contribution in [1.29, 1.82) is 0 Å². The summed E-state index contributed by atoms with van der Waals surface area (Å²) in [5.74, 6) is 0.424. The fourth-order valence-corrected chi connectivity index (χ4v) is 2.97. The number of nitrogen functional groups attached to an aromatic ring is 1. The lowest BCUT2D eigenvalue weighted by atomic mass is 9.94. The van der Waals surface area contributed by atoms with E-state index in [0.717, 1.165) is 12.8 Å². The number of nitro groups is 1. The fourth-order valence-electron chi connectivity index (χ4n) is 2.97. The molecule has 1 aromatic rings. The predicted octanol–water partition coefficient (Wildman–Crippen LogP) is 1.93. The lowest BCUT2D eigenvalue weighted by Gasteiger charge is -2.36. The summed E-state index contributed by atoms with van der Waals surface area (Å²) in [6, 6.07) is 0.358. The second-order valence-electron chi connectivity index (χ2n) is 6.08.